The largest absolute Gasteiger partial charge is 0.478 e. The van der Waals surface area contributed by atoms with Crippen LogP contribution >= 0.6 is 0 Å². The molecule has 3 heteroatoms. The fourth-order valence-electron chi connectivity index (χ4n) is 3.22. The number of nitrogens with one attached hydrogen (secondary N) is 1. The number of hydrogen-bond acceptors (Lipinski definition) is 2. The van der Waals surface area contributed by atoms with Gasteiger partial charge in [-0.05, 0) is 49.3 Å². The molecule has 21 heavy (non-hydrogen) atoms. The van der Waals surface area contributed by atoms with Gasteiger partial charge < -0.3 is 10.4 Å². The van der Waals surface area contributed by atoms with Gasteiger partial charge >= 0.3 is 5.97 Å². The van der Waals surface area contributed by atoms with Crippen molar-refractivity contribution in [2.75, 3.05) is 0 Å². The molecular formula is C18H27NO2. The van der Waals surface area contributed by atoms with E-state index in [0.717, 1.165) is 18.0 Å². The topological polar surface area (TPSA) is 49.3 Å². The average Bonchev–Trinajstić information content (AvgIpc) is 2.52. The van der Waals surface area contributed by atoms with Crippen LogP contribution in [0, 0.1) is 5.92 Å². The van der Waals surface area contributed by atoms with Gasteiger partial charge in [0.1, 0.15) is 0 Å². The third-order valence-corrected chi connectivity index (χ3v) is 4.58. The van der Waals surface area contributed by atoms with E-state index in [1.807, 2.05) is 12.1 Å². The van der Waals surface area contributed by atoms with E-state index in [2.05, 4.69) is 12.2 Å². The first-order valence-electron chi connectivity index (χ1n) is 8.24. The monoisotopic (exact) mass is 289 g/mol. The summed E-state index contributed by atoms with van der Waals surface area (Å²) in [7, 11) is 0. The Labute approximate surface area is 127 Å². The third kappa shape index (κ3) is 5.16. The molecule has 1 aromatic rings. The average molecular weight is 289 g/mol. The first-order valence-corrected chi connectivity index (χ1v) is 8.24. The number of rotatable bonds is 7. The van der Waals surface area contributed by atoms with E-state index in [-0.39, 0.29) is 0 Å². The van der Waals surface area contributed by atoms with Crippen molar-refractivity contribution in [2.24, 2.45) is 5.92 Å². The molecule has 2 N–H and O–H groups in total. The van der Waals surface area contributed by atoms with E-state index in [1.54, 1.807) is 12.1 Å². The molecule has 0 radical (unpaired) electrons. The number of hydrogen-bond donors (Lipinski definition) is 2. The Balaban J connectivity index is 1.74. The lowest BCUT2D eigenvalue weighted by atomic mass is 9.83. The highest BCUT2D eigenvalue weighted by atomic mass is 16.4. The Bertz CT molecular complexity index is 450. The molecule has 0 aliphatic heterocycles. The molecule has 1 aromatic carbocycles. The number of aromatic carboxylic acids is 1. The van der Waals surface area contributed by atoms with Crippen LogP contribution in [0.3, 0.4) is 0 Å². The summed E-state index contributed by atoms with van der Waals surface area (Å²) in [5.74, 6) is 0.0756. The molecule has 0 unspecified atom stereocenters. The van der Waals surface area contributed by atoms with Gasteiger partial charge in [-0.25, -0.2) is 4.79 Å². The van der Waals surface area contributed by atoms with Gasteiger partial charge in [0.15, 0.2) is 0 Å². The molecule has 0 bridgehead atoms. The van der Waals surface area contributed by atoms with Crippen LogP contribution in [0.4, 0.5) is 0 Å². The van der Waals surface area contributed by atoms with Gasteiger partial charge in [0.05, 0.1) is 5.56 Å². The molecule has 1 aliphatic carbocycles. The van der Waals surface area contributed by atoms with Crippen molar-refractivity contribution in [2.45, 2.75) is 64.5 Å². The van der Waals surface area contributed by atoms with E-state index in [4.69, 9.17) is 5.11 Å². The summed E-state index contributed by atoms with van der Waals surface area (Å²) in [6.45, 7) is 3.03. The van der Waals surface area contributed by atoms with Crippen molar-refractivity contribution in [3.8, 4) is 0 Å². The van der Waals surface area contributed by atoms with E-state index in [9.17, 15) is 4.79 Å². The summed E-state index contributed by atoms with van der Waals surface area (Å²) in [6.07, 6.45) is 9.26. The first-order chi connectivity index (χ1) is 10.2. The van der Waals surface area contributed by atoms with Gasteiger partial charge in [0.2, 0.25) is 0 Å². The lowest BCUT2D eigenvalue weighted by Crippen LogP contribution is -2.32. The summed E-state index contributed by atoms with van der Waals surface area (Å²) >= 11 is 0. The number of benzene rings is 1. The SMILES string of the molecule is CCCCC1CCC(NCc2cccc(C(=O)O)c2)CC1. The standard InChI is InChI=1S/C18H27NO2/c1-2-3-5-14-8-10-17(11-9-14)19-13-15-6-4-7-16(12-15)18(20)21/h4,6-7,12,14,17,19H,2-3,5,8-11,13H2,1H3,(H,20,21). The molecule has 0 saturated heterocycles. The number of carbonyl (C=O) groups is 1. The molecule has 2 rings (SSSR count). The van der Waals surface area contributed by atoms with Crippen LogP contribution in [0.5, 0.6) is 0 Å². The molecule has 0 heterocycles. The molecule has 1 fully saturated rings. The molecule has 0 atom stereocenters. The minimum atomic E-state index is -0.853. The Morgan fingerprint density at radius 1 is 1.29 bits per heavy atom. The molecule has 0 spiro atoms. The molecule has 0 aromatic heterocycles. The quantitative estimate of drug-likeness (QED) is 0.790. The second kappa shape index (κ2) is 8.18. The summed E-state index contributed by atoms with van der Waals surface area (Å²) in [6, 6.07) is 7.82. The minimum Gasteiger partial charge on any atom is -0.478 e. The van der Waals surface area contributed by atoms with Gasteiger partial charge in [-0.15, -0.1) is 0 Å². The third-order valence-electron chi connectivity index (χ3n) is 4.58. The van der Waals surface area contributed by atoms with Crippen LogP contribution < -0.4 is 5.32 Å². The summed E-state index contributed by atoms with van der Waals surface area (Å²) in [5, 5.41) is 12.6. The van der Waals surface area contributed by atoms with Gasteiger partial charge in [0.25, 0.3) is 0 Å². The zero-order chi connectivity index (χ0) is 15.1. The fraction of sp³-hybridized carbons (Fsp3) is 0.611. The van der Waals surface area contributed by atoms with Crippen LogP contribution in [-0.2, 0) is 6.54 Å². The molecule has 116 valence electrons. The summed E-state index contributed by atoms with van der Waals surface area (Å²) in [5.41, 5.74) is 1.43. The lowest BCUT2D eigenvalue weighted by Gasteiger charge is -2.29. The maximum atomic E-state index is 11.0. The fourth-order valence-corrected chi connectivity index (χ4v) is 3.22. The zero-order valence-corrected chi connectivity index (χ0v) is 13.0. The molecule has 3 nitrogen and oxygen atoms in total. The van der Waals surface area contributed by atoms with Crippen LogP contribution in [-0.4, -0.2) is 17.1 Å². The van der Waals surface area contributed by atoms with Crippen molar-refractivity contribution in [1.82, 2.24) is 5.32 Å². The van der Waals surface area contributed by atoms with Crippen LogP contribution in [0.2, 0.25) is 0 Å². The van der Waals surface area contributed by atoms with Crippen molar-refractivity contribution < 1.29 is 9.90 Å². The highest BCUT2D eigenvalue weighted by Crippen LogP contribution is 2.28. The normalized spacial score (nSPS) is 22.1. The number of carboxylic acid groups (broad SMARTS) is 1. The molecule has 1 saturated carbocycles. The van der Waals surface area contributed by atoms with Crippen molar-refractivity contribution in [3.63, 3.8) is 0 Å². The van der Waals surface area contributed by atoms with Crippen molar-refractivity contribution in [1.29, 1.82) is 0 Å². The lowest BCUT2D eigenvalue weighted by molar-refractivity contribution is 0.0696. The summed E-state index contributed by atoms with van der Waals surface area (Å²) in [4.78, 5) is 11.0. The Kier molecular flexibility index (Phi) is 6.24. The van der Waals surface area contributed by atoms with Gasteiger partial charge in [-0.3, -0.25) is 0 Å². The zero-order valence-electron chi connectivity index (χ0n) is 13.0. The van der Waals surface area contributed by atoms with Gasteiger partial charge in [-0.2, -0.15) is 0 Å². The number of carboxylic acids is 1. The predicted molar refractivity (Wildman–Crippen MR) is 85.5 cm³/mol. The Morgan fingerprint density at radius 2 is 2.05 bits per heavy atom. The van der Waals surface area contributed by atoms with Gasteiger partial charge in [0, 0.05) is 12.6 Å². The van der Waals surface area contributed by atoms with Crippen LogP contribution in [0.1, 0.15) is 67.8 Å². The minimum absolute atomic E-state index is 0.373. The summed E-state index contributed by atoms with van der Waals surface area (Å²) < 4.78 is 0. The second-order valence-electron chi connectivity index (χ2n) is 6.25. The molecular weight excluding hydrogens is 262 g/mol. The Hall–Kier alpha value is -1.35. The van der Waals surface area contributed by atoms with E-state index in [1.165, 1.54) is 44.9 Å². The molecule has 1 aliphatic rings. The smallest absolute Gasteiger partial charge is 0.335 e. The van der Waals surface area contributed by atoms with Crippen LogP contribution in [0.25, 0.3) is 0 Å². The predicted octanol–water partition coefficient (Wildman–Crippen LogP) is 4.22. The second-order valence-corrected chi connectivity index (χ2v) is 6.25. The highest BCUT2D eigenvalue weighted by molar-refractivity contribution is 5.87. The first kappa shape index (κ1) is 16.0. The molecule has 0 amide bonds. The Morgan fingerprint density at radius 3 is 2.71 bits per heavy atom. The highest BCUT2D eigenvalue weighted by Gasteiger charge is 2.20. The van der Waals surface area contributed by atoms with E-state index < -0.39 is 5.97 Å². The van der Waals surface area contributed by atoms with Crippen molar-refractivity contribution >= 4 is 5.97 Å². The van der Waals surface area contributed by atoms with Crippen LogP contribution in [0.15, 0.2) is 24.3 Å². The number of unbranched alkanes of at least 4 members (excludes halogenated alkanes) is 1. The maximum Gasteiger partial charge on any atom is 0.335 e. The van der Waals surface area contributed by atoms with Gasteiger partial charge in [-0.1, -0.05) is 38.3 Å². The van der Waals surface area contributed by atoms with E-state index in [0.29, 0.717) is 11.6 Å². The van der Waals surface area contributed by atoms with E-state index >= 15 is 0 Å². The van der Waals surface area contributed by atoms with Crippen molar-refractivity contribution in [3.05, 3.63) is 35.4 Å². The maximum absolute atomic E-state index is 11.0.